The molecule has 30 heavy (non-hydrogen) atoms. The molecule has 3 heterocycles. The maximum absolute atomic E-state index is 12.9. The summed E-state index contributed by atoms with van der Waals surface area (Å²) in [6.45, 7) is 3.69. The first-order chi connectivity index (χ1) is 14.3. The van der Waals surface area contributed by atoms with E-state index in [1.165, 1.54) is 6.07 Å². The van der Waals surface area contributed by atoms with Crippen LogP contribution >= 0.6 is 23.2 Å². The van der Waals surface area contributed by atoms with Crippen molar-refractivity contribution in [2.75, 3.05) is 28.6 Å². The molecule has 8 nitrogen and oxygen atoms in total. The summed E-state index contributed by atoms with van der Waals surface area (Å²) in [5.41, 5.74) is 0.00892. The fraction of sp³-hybridized carbons (Fsp3) is 0.400. The maximum atomic E-state index is 12.9. The van der Waals surface area contributed by atoms with Gasteiger partial charge < -0.3 is 15.5 Å². The van der Waals surface area contributed by atoms with Crippen LogP contribution in [0.1, 0.15) is 37.7 Å². The normalized spacial score (nSPS) is 21.0. The van der Waals surface area contributed by atoms with Crippen molar-refractivity contribution in [3.05, 3.63) is 44.2 Å². The van der Waals surface area contributed by atoms with Crippen LogP contribution in [-0.2, 0) is 9.59 Å². The third kappa shape index (κ3) is 4.15. The minimum Gasteiger partial charge on any atom is -0.342 e. The molecule has 2 aromatic rings. The van der Waals surface area contributed by atoms with E-state index in [1.54, 1.807) is 12.1 Å². The molecule has 1 aromatic heterocycles. The van der Waals surface area contributed by atoms with Crippen molar-refractivity contribution in [2.45, 2.75) is 32.1 Å². The molecule has 2 amide bonds. The van der Waals surface area contributed by atoms with E-state index < -0.39 is 17.4 Å². The summed E-state index contributed by atoms with van der Waals surface area (Å²) in [5.74, 6) is -0.882. The van der Waals surface area contributed by atoms with Crippen LogP contribution in [0.15, 0.2) is 23.0 Å². The van der Waals surface area contributed by atoms with E-state index in [4.69, 9.17) is 23.2 Å². The number of aromatic nitrogens is 2. The van der Waals surface area contributed by atoms with Gasteiger partial charge >= 0.3 is 0 Å². The number of hydrogen-bond acceptors (Lipinski definition) is 5. The van der Waals surface area contributed by atoms with Gasteiger partial charge in [0, 0.05) is 24.5 Å². The van der Waals surface area contributed by atoms with Gasteiger partial charge in [-0.1, -0.05) is 30.1 Å². The highest BCUT2D eigenvalue weighted by Crippen LogP contribution is 2.32. The second kappa shape index (κ2) is 8.28. The quantitative estimate of drug-likeness (QED) is 0.665. The topological polar surface area (TPSA) is 107 Å². The molecule has 0 bridgehead atoms. The number of nitrogens with one attached hydrogen (secondary N) is 3. The smallest absolute Gasteiger partial charge is 0.258 e. The molecule has 2 aliphatic heterocycles. The number of H-pyrrole nitrogens is 1. The Balaban J connectivity index is 1.66. The Hall–Kier alpha value is -2.58. The molecular weight excluding hydrogens is 429 g/mol. The zero-order valence-corrected chi connectivity index (χ0v) is 17.8. The van der Waals surface area contributed by atoms with E-state index in [9.17, 15) is 14.4 Å². The van der Waals surface area contributed by atoms with Gasteiger partial charge in [-0.25, -0.2) is 0 Å². The molecule has 0 unspecified atom stereocenters. The van der Waals surface area contributed by atoms with Crippen LogP contribution in [0.3, 0.4) is 0 Å². The first-order valence-corrected chi connectivity index (χ1v) is 10.5. The summed E-state index contributed by atoms with van der Waals surface area (Å²) >= 11 is 12.1. The number of fused-ring (bicyclic) bond motifs is 1. The molecule has 0 radical (unpaired) electrons. The Morgan fingerprint density at radius 3 is 2.87 bits per heavy atom. The van der Waals surface area contributed by atoms with Gasteiger partial charge in [0.15, 0.2) is 0 Å². The van der Waals surface area contributed by atoms with Crippen LogP contribution in [0.4, 0.5) is 17.5 Å². The molecule has 2 atom stereocenters. The third-order valence-corrected chi connectivity index (χ3v) is 5.96. The van der Waals surface area contributed by atoms with E-state index in [1.807, 2.05) is 4.90 Å². The van der Waals surface area contributed by atoms with Crippen molar-refractivity contribution < 1.29 is 9.59 Å². The Bertz CT molecular complexity index is 1070. The van der Waals surface area contributed by atoms with Gasteiger partial charge in [0.05, 0.1) is 22.2 Å². The van der Waals surface area contributed by atoms with E-state index in [2.05, 4.69) is 27.5 Å². The van der Waals surface area contributed by atoms with Crippen molar-refractivity contribution in [1.82, 2.24) is 9.97 Å². The number of rotatable bonds is 3. The van der Waals surface area contributed by atoms with Crippen LogP contribution < -0.4 is 21.1 Å². The van der Waals surface area contributed by atoms with E-state index in [0.29, 0.717) is 27.6 Å². The van der Waals surface area contributed by atoms with Gasteiger partial charge in [-0.2, -0.15) is 4.98 Å². The van der Waals surface area contributed by atoms with Crippen molar-refractivity contribution in [3.63, 3.8) is 0 Å². The summed E-state index contributed by atoms with van der Waals surface area (Å²) in [5, 5.41) is 6.00. The molecule has 2 aliphatic rings. The lowest BCUT2D eigenvalue weighted by Gasteiger charge is -2.32. The Morgan fingerprint density at radius 1 is 1.30 bits per heavy atom. The molecular formula is C20H21Cl2N5O3. The fourth-order valence-electron chi connectivity index (χ4n) is 3.93. The van der Waals surface area contributed by atoms with Crippen LogP contribution in [0.2, 0.25) is 10.0 Å². The second-order valence-electron chi connectivity index (χ2n) is 7.76. The highest BCUT2D eigenvalue weighted by molar-refractivity contribution is 6.35. The van der Waals surface area contributed by atoms with Crippen LogP contribution in [0.5, 0.6) is 0 Å². The number of carbonyl (C=O) groups excluding carboxylic acids is 2. The molecule has 10 heteroatoms. The summed E-state index contributed by atoms with van der Waals surface area (Å²) in [4.78, 5) is 47.4. The first-order valence-electron chi connectivity index (χ1n) is 9.76. The largest absolute Gasteiger partial charge is 0.342 e. The van der Waals surface area contributed by atoms with E-state index in [0.717, 1.165) is 25.9 Å². The van der Waals surface area contributed by atoms with Crippen LogP contribution in [-0.4, -0.2) is 34.9 Å². The van der Waals surface area contributed by atoms with Crippen molar-refractivity contribution >= 4 is 52.5 Å². The predicted molar refractivity (Wildman–Crippen MR) is 117 cm³/mol. The minimum absolute atomic E-state index is 0.126. The molecule has 1 aromatic carbocycles. The number of nitrogens with zero attached hydrogens (tertiary/aromatic N) is 2. The van der Waals surface area contributed by atoms with Gasteiger partial charge in [0.25, 0.3) is 5.56 Å². The summed E-state index contributed by atoms with van der Waals surface area (Å²) in [6.07, 6.45) is 1.96. The van der Waals surface area contributed by atoms with Crippen molar-refractivity contribution in [3.8, 4) is 0 Å². The van der Waals surface area contributed by atoms with Crippen molar-refractivity contribution in [2.24, 2.45) is 5.92 Å². The predicted octanol–water partition coefficient (Wildman–Crippen LogP) is 3.38. The van der Waals surface area contributed by atoms with Crippen LogP contribution in [0.25, 0.3) is 0 Å². The molecule has 0 saturated carbocycles. The zero-order valence-electron chi connectivity index (χ0n) is 16.3. The third-order valence-electron chi connectivity index (χ3n) is 5.40. The first kappa shape index (κ1) is 20.7. The SMILES string of the molecule is C[C@H]1CCCN(c2nc3c(c(=O)[nH]2)[C@H](C(=O)Nc2cc(Cl)ccc2Cl)CC(=O)N3)C1. The number of piperidine rings is 1. The summed E-state index contributed by atoms with van der Waals surface area (Å²) in [7, 11) is 0. The van der Waals surface area contributed by atoms with Gasteiger partial charge in [0.2, 0.25) is 17.8 Å². The average Bonchev–Trinajstić information content (AvgIpc) is 2.69. The number of aromatic amines is 1. The molecule has 0 spiro atoms. The molecule has 1 fully saturated rings. The highest BCUT2D eigenvalue weighted by atomic mass is 35.5. The number of anilines is 3. The van der Waals surface area contributed by atoms with E-state index >= 15 is 0 Å². The fourth-order valence-corrected chi connectivity index (χ4v) is 4.26. The molecule has 1 saturated heterocycles. The minimum atomic E-state index is -0.991. The molecule has 3 N–H and O–H groups in total. The monoisotopic (exact) mass is 449 g/mol. The lowest BCUT2D eigenvalue weighted by Crippen LogP contribution is -2.40. The number of benzene rings is 1. The number of carbonyl (C=O) groups is 2. The van der Waals surface area contributed by atoms with Gasteiger partial charge in [-0.15, -0.1) is 0 Å². The van der Waals surface area contributed by atoms with Gasteiger partial charge in [0.1, 0.15) is 5.82 Å². The number of amides is 2. The standard InChI is InChI=1S/C20H21Cl2N5O3/c1-10-3-2-6-27(9-10)20-25-17-16(19(30)26-20)12(8-15(28)24-17)18(29)23-14-7-11(21)4-5-13(14)22/h4-5,7,10,12H,2-3,6,8-9H2,1H3,(H,23,29)(H2,24,25,26,28,30)/t10-,12+/m0/s1. The molecule has 0 aliphatic carbocycles. The number of hydrogen-bond donors (Lipinski definition) is 3. The highest BCUT2D eigenvalue weighted by Gasteiger charge is 2.35. The second-order valence-corrected chi connectivity index (χ2v) is 8.61. The van der Waals surface area contributed by atoms with Gasteiger partial charge in [-0.05, 0) is 37.0 Å². The summed E-state index contributed by atoms with van der Waals surface area (Å²) < 4.78 is 0. The Kier molecular flexibility index (Phi) is 5.71. The summed E-state index contributed by atoms with van der Waals surface area (Å²) in [6, 6.07) is 4.66. The van der Waals surface area contributed by atoms with Crippen LogP contribution in [0, 0.1) is 5.92 Å². The Morgan fingerprint density at radius 2 is 2.10 bits per heavy atom. The zero-order chi connectivity index (χ0) is 21.4. The maximum Gasteiger partial charge on any atom is 0.258 e. The Labute approximate surface area is 183 Å². The van der Waals surface area contributed by atoms with E-state index in [-0.39, 0.29) is 23.7 Å². The molecule has 158 valence electrons. The average molecular weight is 450 g/mol. The number of halogens is 2. The van der Waals surface area contributed by atoms with Crippen molar-refractivity contribution in [1.29, 1.82) is 0 Å². The lowest BCUT2D eigenvalue weighted by atomic mass is 9.92. The van der Waals surface area contributed by atoms with Gasteiger partial charge in [-0.3, -0.25) is 19.4 Å². The lowest BCUT2D eigenvalue weighted by molar-refractivity contribution is -0.123. The molecule has 4 rings (SSSR count).